The van der Waals surface area contributed by atoms with Crippen LogP contribution in [0.15, 0.2) is 12.1 Å². The Hall–Kier alpha value is -2.06. The molecule has 0 bridgehead atoms. The lowest BCUT2D eigenvalue weighted by atomic mass is 10.1. The van der Waals surface area contributed by atoms with Gasteiger partial charge in [0.25, 0.3) is 0 Å². The zero-order valence-corrected chi connectivity index (χ0v) is 11.4. The van der Waals surface area contributed by atoms with Crippen LogP contribution in [-0.4, -0.2) is 36.1 Å². The Bertz CT molecular complexity index is 627. The molecular formula is C9F15NO2. The summed E-state index contributed by atoms with van der Waals surface area (Å²) in [7, 11) is 0. The van der Waals surface area contributed by atoms with E-state index in [0.29, 0.717) is 0 Å². The minimum absolute atomic E-state index is 0.947. The molecule has 0 heterocycles. The van der Waals surface area contributed by atoms with Gasteiger partial charge in [-0.05, 0) is 0 Å². The van der Waals surface area contributed by atoms with Crippen LogP contribution in [0.25, 0.3) is 0 Å². The summed E-state index contributed by atoms with van der Waals surface area (Å²) in [6, 6.07) is -4.92. The van der Waals surface area contributed by atoms with Crippen molar-refractivity contribution in [1.82, 2.24) is 0 Å². The molecular weight excluding hydrogens is 439 g/mol. The van der Waals surface area contributed by atoms with Gasteiger partial charge in [0.1, 0.15) is 6.07 Å². The maximum atomic E-state index is 13.5. The first-order chi connectivity index (χ1) is 11.6. The average Bonchev–Trinajstić information content (AvgIpc) is 2.42. The van der Waals surface area contributed by atoms with Crippen LogP contribution in [0.4, 0.5) is 65.9 Å². The van der Waals surface area contributed by atoms with Crippen molar-refractivity contribution in [3.63, 3.8) is 0 Å². The quantitative estimate of drug-likeness (QED) is 0.419. The van der Waals surface area contributed by atoms with Gasteiger partial charge in [-0.1, -0.05) is 0 Å². The number of hydrogen-bond donors (Lipinski definition) is 0. The van der Waals surface area contributed by atoms with Crippen molar-refractivity contribution in [3.8, 4) is 6.07 Å². The van der Waals surface area contributed by atoms with Crippen LogP contribution in [0.5, 0.6) is 0 Å². The van der Waals surface area contributed by atoms with Crippen molar-refractivity contribution in [2.75, 3.05) is 0 Å². The van der Waals surface area contributed by atoms with Crippen LogP contribution in [0, 0.1) is 11.3 Å². The first-order valence-electron chi connectivity index (χ1n) is 5.37. The predicted octanol–water partition coefficient (Wildman–Crippen LogP) is 5.26. The number of hydrogen-bond acceptors (Lipinski definition) is 3. The number of nitriles is 1. The fraction of sp³-hybridized carbons (Fsp3) is 0.667. The minimum Gasteiger partial charge on any atom is -0.398 e. The zero-order valence-electron chi connectivity index (χ0n) is 11.4. The van der Waals surface area contributed by atoms with E-state index >= 15 is 0 Å². The Morgan fingerprint density at radius 2 is 1.07 bits per heavy atom. The molecule has 0 fully saturated rings. The molecule has 2 atom stereocenters. The van der Waals surface area contributed by atoms with E-state index < -0.39 is 54.3 Å². The number of halogens is 15. The highest BCUT2D eigenvalue weighted by Gasteiger charge is 2.84. The molecule has 0 aliphatic heterocycles. The summed E-state index contributed by atoms with van der Waals surface area (Å²) in [6.45, 7) is 0. The third kappa shape index (κ3) is 4.27. The Labute approximate surface area is 136 Å². The molecule has 0 amide bonds. The first kappa shape index (κ1) is 24.9. The summed E-state index contributed by atoms with van der Waals surface area (Å²) >= 11 is 0. The summed E-state index contributed by atoms with van der Waals surface area (Å²) in [5.41, 5.74) is -6.83. The van der Waals surface area contributed by atoms with Crippen LogP contribution >= 0.6 is 0 Å². The highest BCUT2D eigenvalue weighted by molar-refractivity contribution is 5.13. The molecule has 18 heteroatoms. The van der Waals surface area contributed by atoms with E-state index in [1.165, 1.54) is 0 Å². The van der Waals surface area contributed by atoms with Gasteiger partial charge in [-0.15, -0.1) is 0 Å². The second-order valence-corrected chi connectivity index (χ2v) is 4.13. The van der Waals surface area contributed by atoms with Crippen molar-refractivity contribution >= 4 is 0 Å². The van der Waals surface area contributed by atoms with Crippen LogP contribution in [-0.2, 0) is 9.47 Å². The smallest absolute Gasteiger partial charge is 0.398 e. The molecule has 0 radical (unpaired) electrons. The Balaban J connectivity index is 6.45. The molecule has 27 heavy (non-hydrogen) atoms. The van der Waals surface area contributed by atoms with Crippen LogP contribution in [0.3, 0.4) is 0 Å². The summed E-state index contributed by atoms with van der Waals surface area (Å²) in [4.78, 5) is 0. The SMILES string of the molecule is N#CC(F)(C(F)(F)F)C(F)(F)OC(F)(C(F)(F)F)C(F)(F)OC(F)=C(F)F. The molecule has 0 aromatic heterocycles. The van der Waals surface area contributed by atoms with Gasteiger partial charge in [-0.2, -0.15) is 66.7 Å². The monoisotopic (exact) mass is 439 g/mol. The van der Waals surface area contributed by atoms with Gasteiger partial charge < -0.3 is 4.74 Å². The molecule has 0 aliphatic carbocycles. The fourth-order valence-electron chi connectivity index (χ4n) is 1.04. The second-order valence-electron chi connectivity index (χ2n) is 4.13. The van der Waals surface area contributed by atoms with Crippen molar-refractivity contribution in [2.24, 2.45) is 0 Å². The largest absolute Gasteiger partial charge is 0.471 e. The maximum Gasteiger partial charge on any atom is 0.471 e. The standard InChI is InChI=1S/C9F15NO2/c10-2(11)3(12)26-9(23,24)5(14,7(18,19)20)27-8(21,22)4(13,1-25)6(15,16)17. The van der Waals surface area contributed by atoms with E-state index in [4.69, 9.17) is 5.26 Å². The Morgan fingerprint density at radius 1 is 0.667 bits per heavy atom. The highest BCUT2D eigenvalue weighted by atomic mass is 19.4. The van der Waals surface area contributed by atoms with E-state index in [1.54, 1.807) is 4.74 Å². The summed E-state index contributed by atoms with van der Waals surface area (Å²) in [5.74, 6) is -7.55. The van der Waals surface area contributed by atoms with E-state index in [1.807, 2.05) is 4.74 Å². The normalized spacial score (nSPS) is 18.1. The molecule has 0 saturated heterocycles. The van der Waals surface area contributed by atoms with E-state index in [0.717, 1.165) is 0 Å². The second kappa shape index (κ2) is 6.83. The van der Waals surface area contributed by atoms with Crippen molar-refractivity contribution < 1.29 is 75.3 Å². The first-order valence-corrected chi connectivity index (χ1v) is 5.37. The van der Waals surface area contributed by atoms with E-state index in [9.17, 15) is 65.9 Å². The van der Waals surface area contributed by atoms with Gasteiger partial charge in [0, 0.05) is 0 Å². The maximum absolute atomic E-state index is 13.5. The summed E-state index contributed by atoms with van der Waals surface area (Å²) in [6.07, 6.45) is -33.3. The summed E-state index contributed by atoms with van der Waals surface area (Å²) < 4.78 is 191. The highest BCUT2D eigenvalue weighted by Crippen LogP contribution is 2.54. The van der Waals surface area contributed by atoms with Crippen LogP contribution in [0.2, 0.25) is 0 Å². The number of nitrogens with zero attached hydrogens (tertiary/aromatic N) is 1. The fourth-order valence-corrected chi connectivity index (χ4v) is 1.04. The molecule has 0 aliphatic rings. The van der Waals surface area contributed by atoms with Gasteiger partial charge in [0.05, 0.1) is 0 Å². The third-order valence-electron chi connectivity index (χ3n) is 2.32. The Kier molecular flexibility index (Phi) is 6.31. The lowest BCUT2D eigenvalue weighted by molar-refractivity contribution is -0.515. The number of rotatable bonds is 6. The van der Waals surface area contributed by atoms with Crippen LogP contribution in [0.1, 0.15) is 0 Å². The predicted molar refractivity (Wildman–Crippen MR) is 47.8 cm³/mol. The molecule has 0 aromatic carbocycles. The van der Waals surface area contributed by atoms with Crippen molar-refractivity contribution in [3.05, 3.63) is 12.1 Å². The molecule has 0 rings (SSSR count). The average molecular weight is 439 g/mol. The molecule has 158 valence electrons. The third-order valence-corrected chi connectivity index (χ3v) is 2.32. The Morgan fingerprint density at radius 3 is 1.33 bits per heavy atom. The van der Waals surface area contributed by atoms with E-state index in [2.05, 4.69) is 0 Å². The van der Waals surface area contributed by atoms with E-state index in [-0.39, 0.29) is 0 Å². The summed E-state index contributed by atoms with van der Waals surface area (Å²) in [5, 5.41) is 7.78. The molecule has 0 saturated carbocycles. The van der Waals surface area contributed by atoms with Crippen molar-refractivity contribution in [2.45, 2.75) is 36.1 Å². The van der Waals surface area contributed by atoms with Gasteiger partial charge in [0.2, 0.25) is 0 Å². The lowest BCUT2D eigenvalue weighted by Gasteiger charge is -2.37. The molecule has 0 aromatic rings. The van der Waals surface area contributed by atoms with Gasteiger partial charge >= 0.3 is 48.2 Å². The molecule has 0 N–H and O–H groups in total. The number of alkyl halides is 12. The topological polar surface area (TPSA) is 42.2 Å². The van der Waals surface area contributed by atoms with Gasteiger partial charge in [-0.25, -0.2) is 4.39 Å². The molecule has 0 spiro atoms. The zero-order chi connectivity index (χ0) is 22.3. The molecule has 3 nitrogen and oxygen atoms in total. The van der Waals surface area contributed by atoms with Crippen LogP contribution < -0.4 is 0 Å². The van der Waals surface area contributed by atoms with Crippen molar-refractivity contribution in [1.29, 1.82) is 5.26 Å². The van der Waals surface area contributed by atoms with Gasteiger partial charge in [0.15, 0.2) is 0 Å². The lowest BCUT2D eigenvalue weighted by Crippen LogP contribution is -2.66. The number of ether oxygens (including phenoxy) is 2. The minimum atomic E-state index is -7.56. The molecule has 2 unspecified atom stereocenters. The van der Waals surface area contributed by atoms with Gasteiger partial charge in [-0.3, -0.25) is 4.74 Å².